The summed E-state index contributed by atoms with van der Waals surface area (Å²) in [6, 6.07) is 0.784. The minimum atomic E-state index is 0.784. The van der Waals surface area contributed by atoms with E-state index < -0.39 is 0 Å². The Morgan fingerprint density at radius 1 is 1.13 bits per heavy atom. The molecule has 0 heterocycles. The molecule has 1 aliphatic rings. The zero-order valence-corrected chi connectivity index (χ0v) is 10.7. The predicted octanol–water partition coefficient (Wildman–Crippen LogP) is 4.13. The van der Waals surface area contributed by atoms with E-state index in [-0.39, 0.29) is 0 Å². The molecule has 1 N–H and O–H groups in total. The molecular formula is C14H29N. The Morgan fingerprint density at radius 3 is 2.47 bits per heavy atom. The van der Waals surface area contributed by atoms with Gasteiger partial charge in [0.15, 0.2) is 0 Å². The van der Waals surface area contributed by atoms with Crippen molar-refractivity contribution in [2.75, 3.05) is 7.05 Å². The van der Waals surface area contributed by atoms with Gasteiger partial charge >= 0.3 is 0 Å². The quantitative estimate of drug-likeness (QED) is 0.668. The number of rotatable bonds is 7. The molecule has 1 aliphatic carbocycles. The van der Waals surface area contributed by atoms with E-state index in [0.29, 0.717) is 0 Å². The molecule has 1 heteroatoms. The molecule has 15 heavy (non-hydrogen) atoms. The summed E-state index contributed by atoms with van der Waals surface area (Å²) in [4.78, 5) is 0. The zero-order valence-electron chi connectivity index (χ0n) is 10.7. The third-order valence-electron chi connectivity index (χ3n) is 3.96. The van der Waals surface area contributed by atoms with Gasteiger partial charge in [0.2, 0.25) is 0 Å². The van der Waals surface area contributed by atoms with Crippen LogP contribution < -0.4 is 5.32 Å². The molecule has 0 spiro atoms. The van der Waals surface area contributed by atoms with Crippen LogP contribution in [0.3, 0.4) is 0 Å². The van der Waals surface area contributed by atoms with Gasteiger partial charge < -0.3 is 5.32 Å². The van der Waals surface area contributed by atoms with Crippen molar-refractivity contribution < 1.29 is 0 Å². The summed E-state index contributed by atoms with van der Waals surface area (Å²) in [6.07, 6.45) is 14.4. The summed E-state index contributed by atoms with van der Waals surface area (Å²) in [5, 5.41) is 3.48. The fourth-order valence-corrected chi connectivity index (χ4v) is 2.80. The Bertz CT molecular complexity index is 138. The summed E-state index contributed by atoms with van der Waals surface area (Å²) < 4.78 is 0. The Hall–Kier alpha value is -0.0400. The van der Waals surface area contributed by atoms with Crippen molar-refractivity contribution in [1.29, 1.82) is 0 Å². The summed E-state index contributed by atoms with van der Waals surface area (Å²) >= 11 is 0. The topological polar surface area (TPSA) is 12.0 Å². The van der Waals surface area contributed by atoms with Crippen LogP contribution in [0, 0.1) is 5.92 Å². The van der Waals surface area contributed by atoms with Crippen LogP contribution in [-0.4, -0.2) is 13.1 Å². The number of nitrogens with one attached hydrogen (secondary N) is 1. The average Bonchev–Trinajstić information content (AvgIpc) is 2.31. The van der Waals surface area contributed by atoms with Crippen molar-refractivity contribution in [1.82, 2.24) is 5.32 Å². The molecule has 0 aromatic rings. The Kier molecular flexibility index (Phi) is 7.08. The van der Waals surface area contributed by atoms with Crippen LogP contribution in [0.5, 0.6) is 0 Å². The molecule has 0 aliphatic heterocycles. The molecule has 1 fully saturated rings. The predicted molar refractivity (Wildman–Crippen MR) is 68.2 cm³/mol. The highest BCUT2D eigenvalue weighted by atomic mass is 14.9. The molecule has 1 saturated carbocycles. The van der Waals surface area contributed by atoms with Gasteiger partial charge in [-0.3, -0.25) is 0 Å². The van der Waals surface area contributed by atoms with Gasteiger partial charge in [-0.05, 0) is 32.2 Å². The van der Waals surface area contributed by atoms with Crippen LogP contribution >= 0.6 is 0 Å². The largest absolute Gasteiger partial charge is 0.317 e. The monoisotopic (exact) mass is 211 g/mol. The van der Waals surface area contributed by atoms with Crippen molar-refractivity contribution in [3.63, 3.8) is 0 Å². The standard InChI is InChI=1S/C14H29N/c1-3-4-10-14(15-2)12-11-13-8-6-5-7-9-13/h13-15H,3-12H2,1-2H3. The molecule has 1 rings (SSSR count). The minimum absolute atomic E-state index is 0.784. The van der Waals surface area contributed by atoms with Crippen LogP contribution in [0.2, 0.25) is 0 Å². The van der Waals surface area contributed by atoms with Crippen LogP contribution in [-0.2, 0) is 0 Å². The summed E-state index contributed by atoms with van der Waals surface area (Å²) in [7, 11) is 2.13. The van der Waals surface area contributed by atoms with E-state index >= 15 is 0 Å². The third kappa shape index (κ3) is 5.55. The van der Waals surface area contributed by atoms with Crippen LogP contribution in [0.4, 0.5) is 0 Å². The van der Waals surface area contributed by atoms with Crippen molar-refractivity contribution in [3.05, 3.63) is 0 Å². The van der Waals surface area contributed by atoms with Crippen molar-refractivity contribution in [2.24, 2.45) is 5.92 Å². The molecule has 0 aromatic heterocycles. The average molecular weight is 211 g/mol. The lowest BCUT2D eigenvalue weighted by Gasteiger charge is -2.24. The van der Waals surface area contributed by atoms with E-state index in [1.807, 2.05) is 0 Å². The Morgan fingerprint density at radius 2 is 1.87 bits per heavy atom. The van der Waals surface area contributed by atoms with Gasteiger partial charge in [0.25, 0.3) is 0 Å². The smallest absolute Gasteiger partial charge is 0.00641 e. The van der Waals surface area contributed by atoms with Crippen LogP contribution in [0.15, 0.2) is 0 Å². The molecule has 0 saturated heterocycles. The van der Waals surface area contributed by atoms with E-state index in [2.05, 4.69) is 19.3 Å². The maximum atomic E-state index is 3.48. The first-order chi connectivity index (χ1) is 7.36. The van der Waals surface area contributed by atoms with E-state index in [1.165, 1.54) is 64.2 Å². The van der Waals surface area contributed by atoms with Gasteiger partial charge in [0, 0.05) is 6.04 Å². The Labute approximate surface area is 96.0 Å². The normalized spacial score (nSPS) is 20.4. The molecule has 90 valence electrons. The molecule has 0 amide bonds. The van der Waals surface area contributed by atoms with Gasteiger partial charge in [-0.15, -0.1) is 0 Å². The summed E-state index contributed by atoms with van der Waals surface area (Å²) in [5.41, 5.74) is 0. The highest BCUT2D eigenvalue weighted by Crippen LogP contribution is 2.28. The molecule has 0 aromatic carbocycles. The molecule has 1 nitrogen and oxygen atoms in total. The fraction of sp³-hybridized carbons (Fsp3) is 1.00. The molecule has 0 radical (unpaired) electrons. The van der Waals surface area contributed by atoms with Gasteiger partial charge in [-0.2, -0.15) is 0 Å². The SMILES string of the molecule is CCCCC(CCC1CCCCC1)NC. The highest BCUT2D eigenvalue weighted by Gasteiger charge is 2.15. The molecule has 1 atom stereocenters. The zero-order chi connectivity index (χ0) is 10.9. The molecule has 1 unspecified atom stereocenters. The number of hydrogen-bond acceptors (Lipinski definition) is 1. The minimum Gasteiger partial charge on any atom is -0.317 e. The lowest BCUT2D eigenvalue weighted by molar-refractivity contribution is 0.311. The van der Waals surface area contributed by atoms with Crippen molar-refractivity contribution in [2.45, 2.75) is 77.2 Å². The third-order valence-corrected chi connectivity index (χ3v) is 3.96. The van der Waals surface area contributed by atoms with E-state index in [1.54, 1.807) is 0 Å². The van der Waals surface area contributed by atoms with Crippen molar-refractivity contribution >= 4 is 0 Å². The van der Waals surface area contributed by atoms with Gasteiger partial charge in [0.1, 0.15) is 0 Å². The van der Waals surface area contributed by atoms with Gasteiger partial charge in [-0.1, -0.05) is 51.9 Å². The van der Waals surface area contributed by atoms with Crippen molar-refractivity contribution in [3.8, 4) is 0 Å². The van der Waals surface area contributed by atoms with E-state index in [0.717, 1.165) is 12.0 Å². The van der Waals surface area contributed by atoms with Gasteiger partial charge in [-0.25, -0.2) is 0 Å². The first kappa shape index (κ1) is 13.0. The lowest BCUT2D eigenvalue weighted by Crippen LogP contribution is -2.26. The maximum absolute atomic E-state index is 3.48. The van der Waals surface area contributed by atoms with E-state index in [9.17, 15) is 0 Å². The first-order valence-corrected chi connectivity index (χ1v) is 7.04. The van der Waals surface area contributed by atoms with Crippen LogP contribution in [0.25, 0.3) is 0 Å². The summed E-state index contributed by atoms with van der Waals surface area (Å²) in [6.45, 7) is 2.29. The van der Waals surface area contributed by atoms with Gasteiger partial charge in [0.05, 0.1) is 0 Å². The van der Waals surface area contributed by atoms with E-state index in [4.69, 9.17) is 0 Å². The maximum Gasteiger partial charge on any atom is 0.00641 e. The lowest BCUT2D eigenvalue weighted by atomic mass is 9.85. The second-order valence-corrected chi connectivity index (χ2v) is 5.21. The molecule has 0 bridgehead atoms. The molecular weight excluding hydrogens is 182 g/mol. The fourth-order valence-electron chi connectivity index (χ4n) is 2.80. The summed E-state index contributed by atoms with van der Waals surface area (Å²) in [5.74, 6) is 1.05. The van der Waals surface area contributed by atoms with Crippen LogP contribution in [0.1, 0.15) is 71.1 Å². The first-order valence-electron chi connectivity index (χ1n) is 7.04. The number of unbranched alkanes of at least 4 members (excludes halogenated alkanes) is 1. The second kappa shape index (κ2) is 8.15. The number of hydrogen-bond donors (Lipinski definition) is 1. The Balaban J connectivity index is 2.09. The highest BCUT2D eigenvalue weighted by molar-refractivity contribution is 4.71. The second-order valence-electron chi connectivity index (χ2n) is 5.21.